The molecule has 0 unspecified atom stereocenters. The summed E-state index contributed by atoms with van der Waals surface area (Å²) in [7, 11) is -6.05. The Kier molecular flexibility index (Phi) is 17.2. The van der Waals surface area contributed by atoms with Gasteiger partial charge in [-0.1, -0.05) is 157 Å². The number of nitrogens with zero attached hydrogens (tertiary/aromatic N) is 8. The van der Waals surface area contributed by atoms with Crippen molar-refractivity contribution in [1.29, 1.82) is 0 Å². The number of aryl methyl sites for hydroxylation is 1. The predicted octanol–water partition coefficient (Wildman–Crippen LogP) is 14.4. The summed E-state index contributed by atoms with van der Waals surface area (Å²) in [6.07, 6.45) is 15.0. The van der Waals surface area contributed by atoms with Crippen molar-refractivity contribution in [1.82, 2.24) is 0 Å². The molecular weight excluding hydrogens is 1300 g/mol. The highest BCUT2D eigenvalue weighted by molar-refractivity contribution is 7.02. The lowest BCUT2D eigenvalue weighted by Gasteiger charge is -2.44. The molecule has 10 nitrogen and oxygen atoms in total. The Hall–Kier alpha value is -9.24. The number of anilines is 5. The Bertz CT molecular complexity index is 5000. The lowest BCUT2D eigenvalue weighted by Crippen LogP contribution is -2.65. The first-order chi connectivity index (χ1) is 48.0. The largest absolute Gasteiger partial charge is 0.371 e. The van der Waals surface area contributed by atoms with E-state index >= 15 is 0 Å². The fraction of sp³-hybridized carbons (Fsp3) is 0.315. The second kappa shape index (κ2) is 25.6. The molecule has 0 atom stereocenters. The number of hydrogen-bond acceptors (Lipinski definition) is 7. The van der Waals surface area contributed by atoms with Gasteiger partial charge in [-0.25, -0.2) is 4.58 Å². The van der Waals surface area contributed by atoms with E-state index in [1.165, 1.54) is 153 Å². The number of ketones is 2. The molecule has 6 fully saturated rings. The number of carbonyl (C=O) groups excluding carboxylic acids is 2. The van der Waals surface area contributed by atoms with Crippen LogP contribution in [0.4, 0.5) is 28.4 Å². The first-order valence-corrected chi connectivity index (χ1v) is 45.6. The molecule has 0 amide bonds. The molecule has 8 aromatic carbocycles. The normalized spacial score (nSPS) is 19.9. The highest BCUT2D eigenvalue weighted by Crippen LogP contribution is 2.51. The SMILES string of the molecule is C.C.C[Si]1(C)c2cc(N3CCC3)ccc2C2(C(=[N+]=[N-])C(=O)c3ccccc32)c2ccc(N3CCC3)cc21.C[Si]1(C)c2cc(N3CCC3)ccc2C2=C(c3ccccc3C2=O)c2ccc(N3CCC3)cc21.Cc1ccccc1C1=C2C=CC(=[N+]3CCC3)C=C2[Si](C)(C)c2cc(N3CCC3)ccc21.[CH3-]. The van der Waals surface area contributed by atoms with Gasteiger partial charge in [-0.3, -0.25) is 9.59 Å². The molecule has 1 spiro atoms. The maximum absolute atomic E-state index is 13.8. The molecule has 3 aliphatic carbocycles. The van der Waals surface area contributed by atoms with E-state index < -0.39 is 29.6 Å². The summed E-state index contributed by atoms with van der Waals surface area (Å²) >= 11 is 0. The van der Waals surface area contributed by atoms with E-state index in [-0.39, 0.29) is 39.6 Å². The third kappa shape index (κ3) is 10.2. The monoisotopic (exact) mass is 1390 g/mol. The summed E-state index contributed by atoms with van der Waals surface area (Å²) in [5.74, 6) is 0.00281. The van der Waals surface area contributed by atoms with Crippen molar-refractivity contribution < 1.29 is 19.0 Å². The van der Waals surface area contributed by atoms with Crippen molar-refractivity contribution in [3.8, 4) is 0 Å². The molecule has 102 heavy (non-hydrogen) atoms. The number of rotatable bonds is 6. The highest BCUT2D eigenvalue weighted by atomic mass is 28.3. The van der Waals surface area contributed by atoms with Crippen molar-refractivity contribution >= 4 is 118 Å². The third-order valence-electron chi connectivity index (χ3n) is 24.9. The van der Waals surface area contributed by atoms with E-state index in [0.29, 0.717) is 5.56 Å². The van der Waals surface area contributed by atoms with Crippen LogP contribution in [0.1, 0.15) is 124 Å². The van der Waals surface area contributed by atoms with Crippen LogP contribution in [0.25, 0.3) is 22.3 Å². The average Bonchev–Trinajstić information content (AvgIpc) is 1.07. The third-order valence-corrected chi connectivity index (χ3v) is 35.4. The standard InChI is InChI=1S/C29H28N4OSi.C29H28N2OSi.C28H31N2Si.2CH4.CH3/c1-35(2)25-17-19(32-13-5-14-32)9-11-23(25)29(22-8-4-3-7-21(22)27(34)28(29)31-30)24-12-10-20(18-26(24)35)33-15-6-16-33;1-33(2)25-17-19(30-13-5-14-30)9-11-23(25)27-21-7-3-4-8-22(21)29(32)28(27)24-12-10-20(18-26(24)33)31-15-6-16-31;1-20-8-4-5-9-23(20)28-24-12-10-21(29-14-6-15-29)18-26(24)31(2,3)27-19-22(11-13-25(27)28)30-16-7-17-30;;;/h3-4,7-12,17-18H,5-6,13-16H2,1-2H3;3-4,7-12,17-18H,5-6,13-16H2,1-2H3;4-5,8-13,18-19H,6-7,14-17H2,1-3H3;2*1H4;1H3/q;;+1;;;-1. The minimum Gasteiger partial charge on any atom is -0.371 e. The van der Waals surface area contributed by atoms with Gasteiger partial charge >= 0.3 is 5.71 Å². The van der Waals surface area contributed by atoms with E-state index in [9.17, 15) is 15.1 Å². The summed E-state index contributed by atoms with van der Waals surface area (Å²) in [6.45, 7) is 30.9. The second-order valence-electron chi connectivity index (χ2n) is 31.2. The summed E-state index contributed by atoms with van der Waals surface area (Å²) in [5.41, 5.74) is 35.0. The van der Waals surface area contributed by atoms with Crippen LogP contribution in [-0.2, 0) is 5.41 Å². The Balaban J connectivity index is 0.000000122. The quantitative estimate of drug-likeness (QED) is 0.0539. The predicted molar refractivity (Wildman–Crippen MR) is 437 cm³/mol. The van der Waals surface area contributed by atoms with Gasteiger partial charge in [0.25, 0.3) is 5.78 Å². The van der Waals surface area contributed by atoms with E-state index in [1.54, 1.807) is 10.4 Å². The molecule has 9 aliphatic heterocycles. The van der Waals surface area contributed by atoms with Crippen LogP contribution in [0.5, 0.6) is 0 Å². The van der Waals surface area contributed by atoms with Gasteiger partial charge < -0.3 is 37.5 Å². The van der Waals surface area contributed by atoms with E-state index in [2.05, 4.69) is 226 Å². The van der Waals surface area contributed by atoms with Crippen LogP contribution >= 0.6 is 0 Å². The minimum atomic E-state index is -2.14. The number of hydrogen-bond donors (Lipinski definition) is 0. The van der Waals surface area contributed by atoms with Crippen molar-refractivity contribution in [3.63, 3.8) is 0 Å². The molecule has 13 heteroatoms. The van der Waals surface area contributed by atoms with E-state index in [1.807, 2.05) is 36.4 Å². The van der Waals surface area contributed by atoms with Gasteiger partial charge in [0.2, 0.25) is 0 Å². The zero-order valence-electron chi connectivity index (χ0n) is 59.4. The Morgan fingerprint density at radius 3 is 1.25 bits per heavy atom. The first kappa shape index (κ1) is 68.5. The summed E-state index contributed by atoms with van der Waals surface area (Å²) in [4.78, 5) is 43.5. The van der Waals surface area contributed by atoms with Crippen LogP contribution < -0.4 is 50.4 Å². The number of carbonyl (C=O) groups is 2. The summed E-state index contributed by atoms with van der Waals surface area (Å²) < 4.78 is 2.53. The van der Waals surface area contributed by atoms with Gasteiger partial charge in [-0.15, -0.1) is 0 Å². The lowest BCUT2D eigenvalue weighted by molar-refractivity contribution is -0.582. The molecule has 0 bridgehead atoms. The van der Waals surface area contributed by atoms with Crippen molar-refractivity contribution in [2.45, 2.75) is 105 Å². The van der Waals surface area contributed by atoms with Gasteiger partial charge in [0.05, 0.1) is 6.42 Å². The first-order valence-electron chi connectivity index (χ1n) is 36.6. The molecule has 12 aliphatic rings. The lowest BCUT2D eigenvalue weighted by atomic mass is 9.68. The Morgan fingerprint density at radius 1 is 0.402 bits per heavy atom. The summed E-state index contributed by atoms with van der Waals surface area (Å²) in [5, 5.41) is 8.73. The fourth-order valence-corrected chi connectivity index (χ4v) is 27.6. The van der Waals surface area contributed by atoms with E-state index in [4.69, 9.17) is 0 Å². The second-order valence-corrected chi connectivity index (χ2v) is 44.2. The molecule has 518 valence electrons. The summed E-state index contributed by atoms with van der Waals surface area (Å²) in [6, 6.07) is 59.8. The van der Waals surface area contributed by atoms with Crippen LogP contribution in [0.15, 0.2) is 193 Å². The van der Waals surface area contributed by atoms with Gasteiger partial charge in [0.1, 0.15) is 37.3 Å². The van der Waals surface area contributed by atoms with Gasteiger partial charge in [-0.05, 0) is 198 Å². The molecule has 0 N–H and O–H groups in total. The molecule has 8 aromatic rings. The van der Waals surface area contributed by atoms with Crippen LogP contribution in [0.3, 0.4) is 0 Å². The smallest absolute Gasteiger partial charge is 0.358 e. The number of allylic oxidation sites excluding steroid dienone is 6. The number of Topliss-reactive ketones (excluding diaryl/α,β-unsaturated/α-hetero) is 2. The van der Waals surface area contributed by atoms with Gasteiger partial charge in [0.15, 0.2) is 16.9 Å². The van der Waals surface area contributed by atoms with Crippen molar-refractivity contribution in [3.05, 3.63) is 267 Å². The molecular formula is C89H98N8O2Si3. The van der Waals surface area contributed by atoms with Crippen LogP contribution in [-0.4, -0.2) is 135 Å². The van der Waals surface area contributed by atoms with Crippen LogP contribution in [0.2, 0.25) is 39.3 Å². The average molecular weight is 1400 g/mol. The molecule has 0 aromatic heterocycles. The molecule has 9 heterocycles. The van der Waals surface area contributed by atoms with Gasteiger partial charge in [0, 0.05) is 128 Å². The van der Waals surface area contributed by atoms with E-state index in [0.717, 1.165) is 96.9 Å². The Morgan fingerprint density at radius 2 is 0.804 bits per heavy atom. The number of fused-ring (bicyclic) bond motifs is 14. The topological polar surface area (TPSA) is 89.8 Å². The molecule has 20 rings (SSSR count). The minimum absolute atomic E-state index is 0. The number of benzene rings is 8. The van der Waals surface area contributed by atoms with Crippen molar-refractivity contribution in [2.24, 2.45) is 0 Å². The molecule has 6 saturated heterocycles. The van der Waals surface area contributed by atoms with Crippen molar-refractivity contribution in [2.75, 3.05) is 103 Å². The molecule has 0 radical (unpaired) electrons. The maximum atomic E-state index is 13.8. The van der Waals surface area contributed by atoms with Gasteiger partial charge in [-0.2, -0.15) is 4.79 Å². The highest BCUT2D eigenvalue weighted by Gasteiger charge is 2.63. The zero-order valence-corrected chi connectivity index (χ0v) is 62.4. The Labute approximate surface area is 608 Å². The maximum Gasteiger partial charge on any atom is 0.358 e. The fourth-order valence-electron chi connectivity index (χ4n) is 18.2. The zero-order chi connectivity index (χ0) is 67.4. The van der Waals surface area contributed by atoms with Crippen LogP contribution in [0, 0.1) is 14.4 Å². The molecule has 0 saturated carbocycles.